The maximum atomic E-state index is 14.6. The molecule has 0 N–H and O–H groups in total. The summed E-state index contributed by atoms with van der Waals surface area (Å²) in [6, 6.07) is 3.20. The van der Waals surface area contributed by atoms with Crippen LogP contribution in [0.4, 0.5) is 8.78 Å². The Balaban J connectivity index is 1.45. The van der Waals surface area contributed by atoms with E-state index < -0.39 is 11.6 Å². The zero-order valence-corrected chi connectivity index (χ0v) is 17.9. The highest BCUT2D eigenvalue weighted by molar-refractivity contribution is 5.33. The van der Waals surface area contributed by atoms with Crippen LogP contribution in [-0.4, -0.2) is 32.0 Å². The molecule has 2 atom stereocenters. The second kappa shape index (κ2) is 11.3. The van der Waals surface area contributed by atoms with Crippen molar-refractivity contribution < 1.29 is 23.0 Å². The van der Waals surface area contributed by atoms with Crippen molar-refractivity contribution in [2.24, 2.45) is 5.92 Å². The first kappa shape index (κ1) is 22.5. The second-order valence-corrected chi connectivity index (χ2v) is 8.60. The fraction of sp³-hybridized carbons (Fsp3) is 0.750. The fourth-order valence-electron chi connectivity index (χ4n) is 4.43. The van der Waals surface area contributed by atoms with Crippen molar-refractivity contribution in [2.45, 2.75) is 89.8 Å². The molecular weight excluding hydrogens is 374 g/mol. The molecule has 2 fully saturated rings. The average molecular weight is 411 g/mol. The first-order chi connectivity index (χ1) is 14.1. The van der Waals surface area contributed by atoms with E-state index in [9.17, 15) is 8.78 Å². The third-order valence-corrected chi connectivity index (χ3v) is 6.53. The topological polar surface area (TPSA) is 27.7 Å². The van der Waals surface area contributed by atoms with Gasteiger partial charge in [-0.1, -0.05) is 32.8 Å². The van der Waals surface area contributed by atoms with E-state index >= 15 is 0 Å². The van der Waals surface area contributed by atoms with Gasteiger partial charge in [-0.05, 0) is 62.5 Å². The SMILES string of the molecule is CCCCOc1ccc(C2CCC(COC3CCC(CC)CC3)OC2)c(F)c1F. The molecule has 5 heteroatoms. The summed E-state index contributed by atoms with van der Waals surface area (Å²) in [6.45, 7) is 5.71. The highest BCUT2D eigenvalue weighted by Gasteiger charge is 2.28. The molecule has 164 valence electrons. The van der Waals surface area contributed by atoms with Crippen LogP contribution in [0.3, 0.4) is 0 Å². The van der Waals surface area contributed by atoms with E-state index in [0.717, 1.165) is 44.4 Å². The zero-order valence-electron chi connectivity index (χ0n) is 17.9. The monoisotopic (exact) mass is 410 g/mol. The molecule has 1 saturated heterocycles. The van der Waals surface area contributed by atoms with Crippen LogP contribution in [0, 0.1) is 17.6 Å². The predicted octanol–water partition coefficient (Wildman–Crippen LogP) is 6.39. The molecule has 0 bridgehead atoms. The number of halogens is 2. The highest BCUT2D eigenvalue weighted by Crippen LogP contribution is 2.34. The Morgan fingerprint density at radius 2 is 1.79 bits per heavy atom. The Bertz CT molecular complexity index is 621. The van der Waals surface area contributed by atoms with Crippen LogP contribution in [0.25, 0.3) is 0 Å². The van der Waals surface area contributed by atoms with Crippen LogP contribution in [0.5, 0.6) is 5.75 Å². The smallest absolute Gasteiger partial charge is 0.200 e. The fourth-order valence-corrected chi connectivity index (χ4v) is 4.43. The largest absolute Gasteiger partial charge is 0.490 e. The van der Waals surface area contributed by atoms with Crippen LogP contribution in [0.1, 0.15) is 83.1 Å². The predicted molar refractivity (Wildman–Crippen MR) is 110 cm³/mol. The standard InChI is InChI=1S/C24H36F2O3/c1-3-5-14-27-22-13-12-21(23(25)24(22)26)18-8-11-20(28-15-18)16-29-19-9-6-17(4-2)7-10-19/h12-13,17-20H,3-11,14-16H2,1-2H3. The number of ether oxygens (including phenoxy) is 3. The second-order valence-electron chi connectivity index (χ2n) is 8.60. The summed E-state index contributed by atoms with van der Waals surface area (Å²) in [4.78, 5) is 0. The molecule has 0 spiro atoms. The molecule has 2 unspecified atom stereocenters. The minimum absolute atomic E-state index is 0.000461. The Morgan fingerprint density at radius 1 is 1.00 bits per heavy atom. The molecule has 1 saturated carbocycles. The molecule has 3 rings (SSSR count). The maximum absolute atomic E-state index is 14.6. The Morgan fingerprint density at radius 3 is 2.45 bits per heavy atom. The van der Waals surface area contributed by atoms with Gasteiger partial charge < -0.3 is 14.2 Å². The Labute approximate surface area is 174 Å². The highest BCUT2D eigenvalue weighted by atomic mass is 19.2. The van der Waals surface area contributed by atoms with Crippen molar-refractivity contribution in [1.29, 1.82) is 0 Å². The minimum Gasteiger partial charge on any atom is -0.490 e. The van der Waals surface area contributed by atoms with E-state index in [2.05, 4.69) is 6.92 Å². The summed E-state index contributed by atoms with van der Waals surface area (Å²) < 4.78 is 46.3. The lowest BCUT2D eigenvalue weighted by molar-refractivity contribution is -0.0779. The summed E-state index contributed by atoms with van der Waals surface area (Å²) in [5, 5.41) is 0. The van der Waals surface area contributed by atoms with Gasteiger partial charge in [-0.3, -0.25) is 0 Å². The summed E-state index contributed by atoms with van der Waals surface area (Å²) in [6.07, 6.45) is 9.85. The summed E-state index contributed by atoms with van der Waals surface area (Å²) in [5.41, 5.74) is 0.391. The molecule has 1 heterocycles. The van der Waals surface area contributed by atoms with Crippen LogP contribution in [0.2, 0.25) is 0 Å². The van der Waals surface area contributed by atoms with Crippen LogP contribution in [0.15, 0.2) is 12.1 Å². The third-order valence-electron chi connectivity index (χ3n) is 6.53. The minimum atomic E-state index is -0.883. The molecule has 0 aromatic heterocycles. The summed E-state index contributed by atoms with van der Waals surface area (Å²) in [5.74, 6) is -0.937. The average Bonchev–Trinajstić information content (AvgIpc) is 2.76. The molecule has 1 aliphatic carbocycles. The maximum Gasteiger partial charge on any atom is 0.200 e. The first-order valence-corrected chi connectivity index (χ1v) is 11.5. The van der Waals surface area contributed by atoms with E-state index in [1.807, 2.05) is 6.92 Å². The Hall–Kier alpha value is -1.20. The van der Waals surface area contributed by atoms with Crippen LogP contribution < -0.4 is 4.74 Å². The Kier molecular flexibility index (Phi) is 8.73. The van der Waals surface area contributed by atoms with Crippen molar-refractivity contribution in [3.8, 4) is 5.75 Å². The normalized spacial score (nSPS) is 27.7. The van der Waals surface area contributed by atoms with E-state index in [4.69, 9.17) is 14.2 Å². The van der Waals surface area contributed by atoms with Gasteiger partial charge in [-0.15, -0.1) is 0 Å². The van der Waals surface area contributed by atoms with Gasteiger partial charge in [-0.25, -0.2) is 4.39 Å². The van der Waals surface area contributed by atoms with Crippen molar-refractivity contribution in [2.75, 3.05) is 19.8 Å². The third kappa shape index (κ3) is 6.14. The lowest BCUT2D eigenvalue weighted by Gasteiger charge is -2.32. The molecule has 0 amide bonds. The van der Waals surface area contributed by atoms with Crippen molar-refractivity contribution in [1.82, 2.24) is 0 Å². The van der Waals surface area contributed by atoms with Gasteiger partial charge in [0.05, 0.1) is 32.0 Å². The number of benzene rings is 1. The van der Waals surface area contributed by atoms with Gasteiger partial charge in [0.15, 0.2) is 11.6 Å². The lowest BCUT2D eigenvalue weighted by atomic mass is 9.86. The van der Waals surface area contributed by atoms with Gasteiger partial charge in [-0.2, -0.15) is 4.39 Å². The quantitative estimate of drug-likeness (QED) is 0.441. The van der Waals surface area contributed by atoms with Crippen LogP contribution >= 0.6 is 0 Å². The number of rotatable bonds is 9. The first-order valence-electron chi connectivity index (χ1n) is 11.5. The van der Waals surface area contributed by atoms with Gasteiger partial charge in [0.2, 0.25) is 5.82 Å². The molecule has 1 aliphatic heterocycles. The van der Waals surface area contributed by atoms with Gasteiger partial charge >= 0.3 is 0 Å². The number of hydrogen-bond acceptors (Lipinski definition) is 3. The van der Waals surface area contributed by atoms with Gasteiger partial charge in [0.1, 0.15) is 0 Å². The van der Waals surface area contributed by atoms with Gasteiger partial charge in [0, 0.05) is 5.92 Å². The zero-order chi connectivity index (χ0) is 20.6. The van der Waals surface area contributed by atoms with Crippen LogP contribution in [-0.2, 0) is 9.47 Å². The van der Waals surface area contributed by atoms with E-state index in [0.29, 0.717) is 31.5 Å². The summed E-state index contributed by atoms with van der Waals surface area (Å²) in [7, 11) is 0. The molecule has 3 nitrogen and oxygen atoms in total. The lowest BCUT2D eigenvalue weighted by Crippen LogP contribution is -2.32. The molecule has 1 aromatic rings. The van der Waals surface area contributed by atoms with Crippen molar-refractivity contribution >= 4 is 0 Å². The number of unbranched alkanes of at least 4 members (excludes halogenated alkanes) is 1. The molecule has 0 radical (unpaired) electrons. The molecule has 29 heavy (non-hydrogen) atoms. The summed E-state index contributed by atoms with van der Waals surface area (Å²) >= 11 is 0. The number of hydrogen-bond donors (Lipinski definition) is 0. The van der Waals surface area contributed by atoms with E-state index in [-0.39, 0.29) is 17.8 Å². The van der Waals surface area contributed by atoms with Crippen molar-refractivity contribution in [3.63, 3.8) is 0 Å². The molecule has 1 aromatic carbocycles. The van der Waals surface area contributed by atoms with Crippen molar-refractivity contribution in [3.05, 3.63) is 29.3 Å². The molecule has 2 aliphatic rings. The van der Waals surface area contributed by atoms with E-state index in [1.165, 1.54) is 19.3 Å². The molecular formula is C24H36F2O3. The van der Waals surface area contributed by atoms with Gasteiger partial charge in [0.25, 0.3) is 0 Å². The van der Waals surface area contributed by atoms with E-state index in [1.54, 1.807) is 12.1 Å².